The van der Waals surface area contributed by atoms with Gasteiger partial charge in [0.1, 0.15) is 6.10 Å². The molecular formula is C3H4F2O. The molecule has 0 aliphatic heterocycles. The van der Waals surface area contributed by atoms with Crippen LogP contribution in [-0.4, -0.2) is 17.1 Å². The highest BCUT2D eigenvalue weighted by Crippen LogP contribution is 2.41. The molecule has 1 N–H and O–H groups in total. The standard InChI is InChI=1S/C3H4F2O/c4-3(5)1-2(3)6/h2,6H,1H2/t2-/m0/s1. The second-order valence-electron chi connectivity index (χ2n) is 1.48. The highest BCUT2D eigenvalue weighted by atomic mass is 19.3. The van der Waals surface area contributed by atoms with Crippen molar-refractivity contribution < 1.29 is 13.9 Å². The molecule has 0 spiro atoms. The molecule has 1 nitrogen and oxygen atoms in total. The van der Waals surface area contributed by atoms with E-state index in [1.54, 1.807) is 0 Å². The van der Waals surface area contributed by atoms with Crippen LogP contribution in [0.15, 0.2) is 0 Å². The maximum Gasteiger partial charge on any atom is 0.276 e. The van der Waals surface area contributed by atoms with Crippen molar-refractivity contribution in [2.24, 2.45) is 0 Å². The van der Waals surface area contributed by atoms with Crippen molar-refractivity contribution in [2.45, 2.75) is 18.4 Å². The highest BCUT2D eigenvalue weighted by molar-refractivity contribution is 4.94. The van der Waals surface area contributed by atoms with Gasteiger partial charge in [0, 0.05) is 6.42 Å². The third-order valence-electron chi connectivity index (χ3n) is 0.793. The van der Waals surface area contributed by atoms with Crippen molar-refractivity contribution in [3.05, 3.63) is 0 Å². The molecule has 0 aromatic rings. The normalized spacial score (nSPS) is 39.5. The van der Waals surface area contributed by atoms with Crippen molar-refractivity contribution in [2.75, 3.05) is 0 Å². The van der Waals surface area contributed by atoms with Gasteiger partial charge in [-0.05, 0) is 0 Å². The van der Waals surface area contributed by atoms with E-state index in [2.05, 4.69) is 0 Å². The predicted octanol–water partition coefficient (Wildman–Crippen LogP) is 0.386. The van der Waals surface area contributed by atoms with E-state index in [4.69, 9.17) is 5.11 Å². The molecular weight excluding hydrogens is 90.0 g/mol. The average Bonchev–Trinajstić information content (AvgIpc) is 1.73. The summed E-state index contributed by atoms with van der Waals surface area (Å²) in [6.07, 6.45) is -1.68. The zero-order chi connectivity index (χ0) is 4.78. The molecule has 0 aromatic carbocycles. The summed E-state index contributed by atoms with van der Waals surface area (Å²) in [6, 6.07) is 0. The zero-order valence-corrected chi connectivity index (χ0v) is 2.99. The lowest BCUT2D eigenvalue weighted by atomic mass is 10.8. The average molecular weight is 94.1 g/mol. The van der Waals surface area contributed by atoms with Crippen molar-refractivity contribution >= 4 is 0 Å². The van der Waals surface area contributed by atoms with Crippen LogP contribution in [0.2, 0.25) is 0 Å². The Labute approximate surface area is 33.6 Å². The summed E-state index contributed by atoms with van der Waals surface area (Å²) in [5.74, 6) is -2.74. The van der Waals surface area contributed by atoms with Crippen molar-refractivity contribution in [1.82, 2.24) is 0 Å². The molecule has 1 rings (SSSR count). The smallest absolute Gasteiger partial charge is 0.276 e. The zero-order valence-electron chi connectivity index (χ0n) is 2.99. The van der Waals surface area contributed by atoms with E-state index in [9.17, 15) is 8.78 Å². The first-order chi connectivity index (χ1) is 2.63. The van der Waals surface area contributed by atoms with Crippen LogP contribution in [0.5, 0.6) is 0 Å². The summed E-state index contributed by atoms with van der Waals surface area (Å²) in [4.78, 5) is 0. The van der Waals surface area contributed by atoms with Crippen LogP contribution in [0.3, 0.4) is 0 Å². The van der Waals surface area contributed by atoms with E-state index in [0.29, 0.717) is 0 Å². The van der Waals surface area contributed by atoms with Gasteiger partial charge in [-0.1, -0.05) is 0 Å². The number of aliphatic hydroxyl groups excluding tert-OH is 1. The molecule has 0 bridgehead atoms. The lowest BCUT2D eigenvalue weighted by Crippen LogP contribution is -1.94. The molecule has 0 unspecified atom stereocenters. The monoisotopic (exact) mass is 94.0 g/mol. The third-order valence-corrected chi connectivity index (χ3v) is 0.793. The van der Waals surface area contributed by atoms with Crippen LogP contribution in [0.25, 0.3) is 0 Å². The molecule has 0 heterocycles. The van der Waals surface area contributed by atoms with Crippen LogP contribution < -0.4 is 0 Å². The van der Waals surface area contributed by atoms with Gasteiger partial charge in [0.2, 0.25) is 0 Å². The Balaban J connectivity index is 2.41. The largest absolute Gasteiger partial charge is 0.387 e. The minimum atomic E-state index is -2.74. The summed E-state index contributed by atoms with van der Waals surface area (Å²) >= 11 is 0. The number of hydrogen-bond donors (Lipinski definition) is 1. The first-order valence-corrected chi connectivity index (χ1v) is 1.69. The highest BCUT2D eigenvalue weighted by Gasteiger charge is 2.56. The van der Waals surface area contributed by atoms with Gasteiger partial charge in [-0.3, -0.25) is 0 Å². The van der Waals surface area contributed by atoms with Gasteiger partial charge in [0.25, 0.3) is 5.92 Å². The number of halogens is 2. The van der Waals surface area contributed by atoms with Gasteiger partial charge in [0.05, 0.1) is 0 Å². The first kappa shape index (κ1) is 3.99. The van der Waals surface area contributed by atoms with E-state index in [0.717, 1.165) is 0 Å². The van der Waals surface area contributed by atoms with E-state index in [1.165, 1.54) is 0 Å². The van der Waals surface area contributed by atoms with Crippen LogP contribution in [0.4, 0.5) is 8.78 Å². The van der Waals surface area contributed by atoms with Crippen LogP contribution in [-0.2, 0) is 0 Å². The molecule has 1 aliphatic rings. The molecule has 6 heavy (non-hydrogen) atoms. The van der Waals surface area contributed by atoms with Gasteiger partial charge < -0.3 is 5.11 Å². The van der Waals surface area contributed by atoms with Gasteiger partial charge in [-0.15, -0.1) is 0 Å². The number of alkyl halides is 2. The minimum Gasteiger partial charge on any atom is -0.387 e. The lowest BCUT2D eigenvalue weighted by Gasteiger charge is -1.81. The van der Waals surface area contributed by atoms with E-state index >= 15 is 0 Å². The fraction of sp³-hybridized carbons (Fsp3) is 1.00. The summed E-state index contributed by atoms with van der Waals surface area (Å²) < 4.78 is 22.6. The number of aliphatic hydroxyl groups is 1. The van der Waals surface area contributed by atoms with Gasteiger partial charge >= 0.3 is 0 Å². The maximum atomic E-state index is 11.3. The fourth-order valence-corrected chi connectivity index (χ4v) is 0.199. The molecule has 0 aromatic heterocycles. The predicted molar refractivity (Wildman–Crippen MR) is 15.6 cm³/mol. The molecule has 3 heteroatoms. The summed E-state index contributed by atoms with van der Waals surface area (Å²) in [6.45, 7) is 0. The Kier molecular flexibility index (Phi) is 0.485. The quantitative estimate of drug-likeness (QED) is 0.460. The van der Waals surface area contributed by atoms with E-state index < -0.39 is 12.0 Å². The Morgan fingerprint density at radius 1 is 1.67 bits per heavy atom. The molecule has 1 fully saturated rings. The number of rotatable bonds is 0. The van der Waals surface area contributed by atoms with E-state index in [1.807, 2.05) is 0 Å². The van der Waals surface area contributed by atoms with Gasteiger partial charge in [-0.25, -0.2) is 8.78 Å². The lowest BCUT2D eigenvalue weighted by molar-refractivity contribution is 0.0574. The fourth-order valence-electron chi connectivity index (χ4n) is 0.199. The Bertz CT molecular complexity index is 71.2. The summed E-state index contributed by atoms with van der Waals surface area (Å²) in [5.41, 5.74) is 0. The van der Waals surface area contributed by atoms with Gasteiger partial charge in [-0.2, -0.15) is 0 Å². The first-order valence-electron chi connectivity index (χ1n) is 1.69. The second-order valence-corrected chi connectivity index (χ2v) is 1.48. The Morgan fingerprint density at radius 2 is 1.83 bits per heavy atom. The summed E-state index contributed by atoms with van der Waals surface area (Å²) in [5, 5.41) is 7.94. The van der Waals surface area contributed by atoms with Crippen LogP contribution in [0.1, 0.15) is 6.42 Å². The second kappa shape index (κ2) is 0.729. The molecule has 0 saturated heterocycles. The van der Waals surface area contributed by atoms with E-state index in [-0.39, 0.29) is 6.42 Å². The molecule has 0 radical (unpaired) electrons. The maximum absolute atomic E-state index is 11.3. The van der Waals surface area contributed by atoms with Gasteiger partial charge in [0.15, 0.2) is 0 Å². The van der Waals surface area contributed by atoms with Crippen molar-refractivity contribution in [1.29, 1.82) is 0 Å². The summed E-state index contributed by atoms with van der Waals surface area (Å²) in [7, 11) is 0. The number of hydrogen-bond acceptors (Lipinski definition) is 1. The Morgan fingerprint density at radius 3 is 1.83 bits per heavy atom. The van der Waals surface area contributed by atoms with Crippen LogP contribution >= 0.6 is 0 Å². The van der Waals surface area contributed by atoms with Crippen molar-refractivity contribution in [3.63, 3.8) is 0 Å². The topological polar surface area (TPSA) is 20.2 Å². The molecule has 1 atom stereocenters. The SMILES string of the molecule is O[C@H]1CC1(F)F. The minimum absolute atomic E-state index is 0.340. The molecule has 36 valence electrons. The van der Waals surface area contributed by atoms with Crippen molar-refractivity contribution in [3.8, 4) is 0 Å². The molecule has 1 aliphatic carbocycles. The third kappa shape index (κ3) is 0.391. The Hall–Kier alpha value is -0.180. The molecule has 0 amide bonds. The molecule has 1 saturated carbocycles. The van der Waals surface area contributed by atoms with Crippen LogP contribution in [0, 0.1) is 0 Å².